The van der Waals surface area contributed by atoms with Crippen LogP contribution in [0.2, 0.25) is 5.02 Å². The Hall–Kier alpha value is -1.84. The Morgan fingerprint density at radius 1 is 1.33 bits per heavy atom. The standard InChI is InChI=1S/C17H21ClF3N3O3/c1-11(23(2)10-15(25)24-5-7-27-8-6-24)16(26)22-12-3-4-14(18)13(9-12)17(19,20)21/h3-4,9,11H,5-8,10H2,1-2H3,(H,22,26)/t11-/m1/s1. The summed E-state index contributed by atoms with van der Waals surface area (Å²) in [5.41, 5.74) is -1.04. The molecular formula is C17H21ClF3N3O3. The Bertz CT molecular complexity index is 694. The van der Waals surface area contributed by atoms with Crippen LogP contribution in [0.4, 0.5) is 18.9 Å². The van der Waals surface area contributed by atoms with E-state index in [1.165, 1.54) is 11.0 Å². The maximum atomic E-state index is 12.9. The Morgan fingerprint density at radius 3 is 2.56 bits per heavy atom. The predicted molar refractivity (Wildman–Crippen MR) is 94.6 cm³/mol. The minimum atomic E-state index is -4.62. The molecule has 1 heterocycles. The molecule has 2 rings (SSSR count). The van der Waals surface area contributed by atoms with Crippen LogP contribution in [-0.2, 0) is 20.5 Å². The molecule has 2 amide bonds. The van der Waals surface area contributed by atoms with Gasteiger partial charge in [-0.1, -0.05) is 11.6 Å². The monoisotopic (exact) mass is 407 g/mol. The number of halogens is 4. The maximum Gasteiger partial charge on any atom is 0.417 e. The molecule has 0 saturated carbocycles. The lowest BCUT2D eigenvalue weighted by Gasteiger charge is -2.30. The van der Waals surface area contributed by atoms with Crippen molar-refractivity contribution in [2.75, 3.05) is 45.2 Å². The quantitative estimate of drug-likeness (QED) is 0.814. The molecule has 0 unspecified atom stereocenters. The van der Waals surface area contributed by atoms with Crippen LogP contribution in [0, 0.1) is 0 Å². The lowest BCUT2D eigenvalue weighted by Crippen LogP contribution is -2.48. The fourth-order valence-electron chi connectivity index (χ4n) is 2.53. The second-order valence-corrected chi connectivity index (χ2v) is 6.67. The van der Waals surface area contributed by atoms with E-state index in [0.717, 1.165) is 12.1 Å². The zero-order valence-electron chi connectivity index (χ0n) is 15.0. The van der Waals surface area contributed by atoms with E-state index >= 15 is 0 Å². The normalized spacial score (nSPS) is 16.3. The number of anilines is 1. The van der Waals surface area contributed by atoms with Crippen molar-refractivity contribution in [3.63, 3.8) is 0 Å². The highest BCUT2D eigenvalue weighted by molar-refractivity contribution is 6.31. The van der Waals surface area contributed by atoms with Gasteiger partial charge in [-0.3, -0.25) is 14.5 Å². The molecule has 6 nitrogen and oxygen atoms in total. The molecule has 0 aromatic heterocycles. The topological polar surface area (TPSA) is 61.9 Å². The van der Waals surface area contributed by atoms with E-state index in [0.29, 0.717) is 26.3 Å². The molecule has 1 aliphatic rings. The fraction of sp³-hybridized carbons (Fsp3) is 0.529. The molecule has 1 aromatic rings. The van der Waals surface area contributed by atoms with Crippen LogP contribution in [0.15, 0.2) is 18.2 Å². The predicted octanol–water partition coefficient (Wildman–Crippen LogP) is 2.48. The van der Waals surface area contributed by atoms with Gasteiger partial charge in [-0.2, -0.15) is 13.2 Å². The molecule has 10 heteroatoms. The Kier molecular flexibility index (Phi) is 7.07. The lowest BCUT2D eigenvalue weighted by molar-refractivity contribution is -0.138. The SMILES string of the molecule is C[C@H](C(=O)Nc1ccc(Cl)c(C(F)(F)F)c1)N(C)CC(=O)N1CCOCC1. The number of carbonyl (C=O) groups excluding carboxylic acids is 2. The first-order chi connectivity index (χ1) is 12.6. The van der Waals surface area contributed by atoms with Crippen molar-refractivity contribution in [3.8, 4) is 0 Å². The van der Waals surface area contributed by atoms with E-state index in [9.17, 15) is 22.8 Å². The van der Waals surface area contributed by atoms with E-state index in [4.69, 9.17) is 16.3 Å². The van der Waals surface area contributed by atoms with Gasteiger partial charge in [-0.05, 0) is 32.2 Å². The second-order valence-electron chi connectivity index (χ2n) is 6.27. The van der Waals surface area contributed by atoms with Gasteiger partial charge in [0.15, 0.2) is 0 Å². The van der Waals surface area contributed by atoms with E-state index in [1.807, 2.05) is 0 Å². The number of nitrogens with zero attached hydrogens (tertiary/aromatic N) is 2. The van der Waals surface area contributed by atoms with Crippen molar-refractivity contribution >= 4 is 29.1 Å². The first-order valence-electron chi connectivity index (χ1n) is 8.33. The molecule has 1 saturated heterocycles. The summed E-state index contributed by atoms with van der Waals surface area (Å²) in [5, 5.41) is 1.99. The number of likely N-dealkylation sites (N-methyl/N-ethyl adjacent to an activating group) is 1. The molecule has 1 atom stereocenters. The van der Waals surface area contributed by atoms with Gasteiger partial charge in [0.1, 0.15) is 0 Å². The third kappa shape index (κ3) is 5.82. The first-order valence-corrected chi connectivity index (χ1v) is 8.70. The summed E-state index contributed by atoms with van der Waals surface area (Å²) < 4.78 is 43.9. The van der Waals surface area contributed by atoms with Gasteiger partial charge < -0.3 is 15.0 Å². The number of hydrogen-bond acceptors (Lipinski definition) is 4. The second kappa shape index (κ2) is 8.90. The molecular weight excluding hydrogens is 387 g/mol. The Labute approximate surface area is 160 Å². The van der Waals surface area contributed by atoms with Gasteiger partial charge in [0.25, 0.3) is 0 Å². The van der Waals surface area contributed by atoms with E-state index in [2.05, 4.69) is 5.32 Å². The Balaban J connectivity index is 1.97. The summed E-state index contributed by atoms with van der Waals surface area (Å²) in [6, 6.07) is 2.43. The maximum absolute atomic E-state index is 12.9. The van der Waals surface area contributed by atoms with Crippen molar-refractivity contribution in [2.45, 2.75) is 19.1 Å². The number of benzene rings is 1. The highest BCUT2D eigenvalue weighted by atomic mass is 35.5. The number of hydrogen-bond donors (Lipinski definition) is 1. The minimum absolute atomic E-state index is 0.0169. The third-order valence-electron chi connectivity index (χ3n) is 4.33. The Morgan fingerprint density at radius 2 is 1.96 bits per heavy atom. The number of nitrogens with one attached hydrogen (secondary N) is 1. The van der Waals surface area contributed by atoms with E-state index < -0.39 is 28.7 Å². The van der Waals surface area contributed by atoms with E-state index in [-0.39, 0.29) is 18.1 Å². The zero-order valence-corrected chi connectivity index (χ0v) is 15.7. The molecule has 1 aliphatic heterocycles. The summed E-state index contributed by atoms with van der Waals surface area (Å²) in [7, 11) is 1.60. The minimum Gasteiger partial charge on any atom is -0.378 e. The summed E-state index contributed by atoms with van der Waals surface area (Å²) in [6.07, 6.45) is -4.62. The van der Waals surface area contributed by atoms with Gasteiger partial charge in [-0.15, -0.1) is 0 Å². The third-order valence-corrected chi connectivity index (χ3v) is 4.66. The average molecular weight is 408 g/mol. The van der Waals surface area contributed by atoms with Crippen LogP contribution < -0.4 is 5.32 Å². The number of morpholine rings is 1. The van der Waals surface area contributed by atoms with Crippen LogP contribution in [-0.4, -0.2) is 67.6 Å². The molecule has 27 heavy (non-hydrogen) atoms. The number of alkyl halides is 3. The summed E-state index contributed by atoms with van der Waals surface area (Å²) in [5.74, 6) is -0.658. The molecule has 0 spiro atoms. The number of rotatable bonds is 5. The van der Waals surface area contributed by atoms with Gasteiger partial charge in [-0.25, -0.2) is 0 Å². The van der Waals surface area contributed by atoms with Crippen molar-refractivity contribution in [3.05, 3.63) is 28.8 Å². The summed E-state index contributed by atoms with van der Waals surface area (Å²) in [4.78, 5) is 27.8. The highest BCUT2D eigenvalue weighted by Gasteiger charge is 2.33. The largest absolute Gasteiger partial charge is 0.417 e. The first kappa shape index (κ1) is 21.5. The summed E-state index contributed by atoms with van der Waals surface area (Å²) in [6.45, 7) is 3.54. The molecule has 1 N–H and O–H groups in total. The lowest BCUT2D eigenvalue weighted by atomic mass is 10.2. The van der Waals surface area contributed by atoms with Crippen LogP contribution in [0.5, 0.6) is 0 Å². The van der Waals surface area contributed by atoms with Gasteiger partial charge >= 0.3 is 6.18 Å². The number of ether oxygens (including phenoxy) is 1. The van der Waals surface area contributed by atoms with Gasteiger partial charge in [0.2, 0.25) is 11.8 Å². The molecule has 0 bridgehead atoms. The van der Waals surface area contributed by atoms with Crippen molar-refractivity contribution < 1.29 is 27.5 Å². The fourth-order valence-corrected chi connectivity index (χ4v) is 2.75. The molecule has 1 aromatic carbocycles. The highest BCUT2D eigenvalue weighted by Crippen LogP contribution is 2.36. The summed E-state index contributed by atoms with van der Waals surface area (Å²) >= 11 is 5.57. The smallest absolute Gasteiger partial charge is 0.378 e. The van der Waals surface area contributed by atoms with Crippen LogP contribution >= 0.6 is 11.6 Å². The van der Waals surface area contributed by atoms with Crippen LogP contribution in [0.3, 0.4) is 0 Å². The van der Waals surface area contributed by atoms with Crippen LogP contribution in [0.25, 0.3) is 0 Å². The average Bonchev–Trinajstić information content (AvgIpc) is 2.62. The number of carbonyl (C=O) groups is 2. The molecule has 1 fully saturated rings. The number of amides is 2. The van der Waals surface area contributed by atoms with E-state index in [1.54, 1.807) is 18.9 Å². The molecule has 0 aliphatic carbocycles. The van der Waals surface area contributed by atoms with Gasteiger partial charge in [0, 0.05) is 18.8 Å². The van der Waals surface area contributed by atoms with Crippen LogP contribution in [0.1, 0.15) is 12.5 Å². The van der Waals surface area contributed by atoms with Crippen molar-refractivity contribution in [2.24, 2.45) is 0 Å². The zero-order chi connectivity index (χ0) is 20.2. The molecule has 150 valence electrons. The van der Waals surface area contributed by atoms with Crippen molar-refractivity contribution in [1.29, 1.82) is 0 Å². The molecule has 0 radical (unpaired) electrons. The van der Waals surface area contributed by atoms with Crippen molar-refractivity contribution in [1.82, 2.24) is 9.80 Å². The van der Waals surface area contributed by atoms with Gasteiger partial charge in [0.05, 0.1) is 36.4 Å².